The van der Waals surface area contributed by atoms with Crippen LogP contribution in [0.25, 0.3) is 0 Å². The van der Waals surface area contributed by atoms with E-state index in [2.05, 4.69) is 15.9 Å². The maximum absolute atomic E-state index is 13.0. The molecule has 3 rings (SSSR count). The number of thiophene rings is 1. The number of carbonyl (C=O) groups is 2. The van der Waals surface area contributed by atoms with E-state index in [9.17, 15) is 14.7 Å². The Morgan fingerprint density at radius 3 is 2.32 bits per heavy atom. The fourth-order valence-corrected chi connectivity index (χ4v) is 4.08. The summed E-state index contributed by atoms with van der Waals surface area (Å²) in [6.07, 6.45) is 0. The first-order valence-electron chi connectivity index (χ1n) is 8.56. The summed E-state index contributed by atoms with van der Waals surface area (Å²) in [5.74, 6) is -0.376. The number of carboxylic acids is 1. The van der Waals surface area contributed by atoms with Gasteiger partial charge in [0, 0.05) is 6.04 Å². The number of benzene rings is 2. The second-order valence-electron chi connectivity index (χ2n) is 6.27. The average Bonchev–Trinajstić information content (AvgIpc) is 3.09. The van der Waals surface area contributed by atoms with Crippen LogP contribution in [-0.4, -0.2) is 23.0 Å². The second-order valence-corrected chi connectivity index (χ2v) is 8.73. The van der Waals surface area contributed by atoms with Crippen LogP contribution in [0.4, 0.5) is 5.69 Å². The highest BCUT2D eigenvalue weighted by atomic mass is 79.9. The van der Waals surface area contributed by atoms with E-state index in [1.807, 2.05) is 32.0 Å². The average molecular weight is 460 g/mol. The van der Waals surface area contributed by atoms with Gasteiger partial charge in [-0.2, -0.15) is 0 Å². The van der Waals surface area contributed by atoms with Crippen LogP contribution in [0.5, 0.6) is 11.5 Å². The van der Waals surface area contributed by atoms with Crippen LogP contribution in [0.15, 0.2) is 64.5 Å². The molecule has 7 heteroatoms. The van der Waals surface area contributed by atoms with Crippen molar-refractivity contribution in [1.82, 2.24) is 0 Å². The van der Waals surface area contributed by atoms with Crippen molar-refractivity contribution in [2.45, 2.75) is 19.9 Å². The Morgan fingerprint density at radius 1 is 1.04 bits per heavy atom. The molecule has 0 radical (unpaired) electrons. The van der Waals surface area contributed by atoms with E-state index in [0.717, 1.165) is 3.79 Å². The van der Waals surface area contributed by atoms with Gasteiger partial charge < -0.3 is 14.7 Å². The van der Waals surface area contributed by atoms with Crippen molar-refractivity contribution in [2.24, 2.45) is 0 Å². The Kier molecular flexibility index (Phi) is 6.16. The number of amides is 1. The highest BCUT2D eigenvalue weighted by molar-refractivity contribution is 9.11. The molecule has 3 aromatic rings. The molecular weight excluding hydrogens is 442 g/mol. The van der Waals surface area contributed by atoms with Gasteiger partial charge in [-0.3, -0.25) is 4.79 Å². The molecule has 0 atom stereocenters. The van der Waals surface area contributed by atoms with Crippen molar-refractivity contribution in [3.8, 4) is 11.5 Å². The third-order valence-electron chi connectivity index (χ3n) is 3.96. The van der Waals surface area contributed by atoms with Gasteiger partial charge in [-0.05, 0) is 72.2 Å². The predicted octanol–water partition coefficient (Wildman–Crippen LogP) is 6.06. The zero-order valence-electron chi connectivity index (χ0n) is 15.3. The third kappa shape index (κ3) is 4.43. The van der Waals surface area contributed by atoms with E-state index < -0.39 is 5.97 Å². The van der Waals surface area contributed by atoms with Crippen molar-refractivity contribution in [1.29, 1.82) is 0 Å². The Bertz CT molecular complexity index is 1000. The minimum atomic E-state index is -1.13. The monoisotopic (exact) mass is 459 g/mol. The van der Waals surface area contributed by atoms with Gasteiger partial charge in [0.25, 0.3) is 5.91 Å². The molecule has 0 aliphatic rings. The van der Waals surface area contributed by atoms with Crippen molar-refractivity contribution in [2.75, 3.05) is 4.90 Å². The number of carbonyl (C=O) groups excluding carboxylic acids is 1. The zero-order chi connectivity index (χ0) is 20.3. The smallest absolute Gasteiger partial charge is 0.337 e. The summed E-state index contributed by atoms with van der Waals surface area (Å²) < 4.78 is 6.58. The van der Waals surface area contributed by atoms with E-state index in [-0.39, 0.29) is 17.5 Å². The molecule has 1 amide bonds. The molecule has 2 aromatic carbocycles. The quantitative estimate of drug-likeness (QED) is 0.486. The Hall–Kier alpha value is -2.64. The van der Waals surface area contributed by atoms with E-state index >= 15 is 0 Å². The first kappa shape index (κ1) is 20.1. The van der Waals surface area contributed by atoms with Gasteiger partial charge in [-0.25, -0.2) is 4.79 Å². The maximum atomic E-state index is 13.0. The standard InChI is InChI=1S/C21H18BrNO4S/c1-13(2)23(20(24)18-10-11-19(22)28-18)17-9-8-15(12-16(17)21(25)26)27-14-6-4-3-5-7-14/h3-13H,1-2H3,(H,25,26). The minimum Gasteiger partial charge on any atom is -0.478 e. The summed E-state index contributed by atoms with van der Waals surface area (Å²) in [6, 6.07) is 17.1. The number of rotatable bonds is 6. The van der Waals surface area contributed by atoms with Gasteiger partial charge in [0.1, 0.15) is 11.5 Å². The number of hydrogen-bond acceptors (Lipinski definition) is 4. The van der Waals surface area contributed by atoms with Crippen LogP contribution in [0.1, 0.15) is 33.9 Å². The van der Waals surface area contributed by atoms with Gasteiger partial charge >= 0.3 is 5.97 Å². The lowest BCUT2D eigenvalue weighted by molar-refractivity contribution is 0.0697. The Morgan fingerprint density at radius 2 is 1.75 bits per heavy atom. The third-order valence-corrected chi connectivity index (χ3v) is 5.57. The van der Waals surface area contributed by atoms with Crippen LogP contribution in [-0.2, 0) is 0 Å². The predicted molar refractivity (Wildman–Crippen MR) is 114 cm³/mol. The van der Waals surface area contributed by atoms with Gasteiger partial charge in [0.15, 0.2) is 0 Å². The fraction of sp³-hybridized carbons (Fsp3) is 0.143. The number of carboxylic acid groups (broad SMARTS) is 1. The molecule has 5 nitrogen and oxygen atoms in total. The lowest BCUT2D eigenvalue weighted by Gasteiger charge is -2.28. The first-order chi connectivity index (χ1) is 13.4. The highest BCUT2D eigenvalue weighted by Gasteiger charge is 2.26. The van der Waals surface area contributed by atoms with Crippen LogP contribution < -0.4 is 9.64 Å². The van der Waals surface area contributed by atoms with Gasteiger partial charge in [-0.1, -0.05) is 18.2 Å². The summed E-state index contributed by atoms with van der Waals surface area (Å²) in [5, 5.41) is 9.74. The van der Waals surface area contributed by atoms with Crippen LogP contribution in [0, 0.1) is 0 Å². The molecule has 144 valence electrons. The first-order valence-corrected chi connectivity index (χ1v) is 10.2. The largest absolute Gasteiger partial charge is 0.478 e. The SMILES string of the molecule is CC(C)N(C(=O)c1ccc(Br)s1)c1ccc(Oc2ccccc2)cc1C(=O)O. The van der Waals surface area contributed by atoms with E-state index in [1.165, 1.54) is 22.3 Å². The molecule has 0 aliphatic heterocycles. The van der Waals surface area contributed by atoms with Gasteiger partial charge in [0.2, 0.25) is 0 Å². The molecule has 0 aliphatic carbocycles. The topological polar surface area (TPSA) is 66.8 Å². The zero-order valence-corrected chi connectivity index (χ0v) is 17.7. The van der Waals surface area contributed by atoms with Crippen molar-refractivity contribution >= 4 is 44.8 Å². The molecule has 0 saturated carbocycles. The molecule has 0 bridgehead atoms. The van der Waals surface area contributed by atoms with Crippen molar-refractivity contribution < 1.29 is 19.4 Å². The number of hydrogen-bond donors (Lipinski definition) is 1. The Balaban J connectivity index is 2.00. The molecule has 0 saturated heterocycles. The summed E-state index contributed by atoms with van der Waals surface area (Å²) in [4.78, 5) is 27.0. The lowest BCUT2D eigenvalue weighted by atomic mass is 10.1. The van der Waals surface area contributed by atoms with Gasteiger partial charge in [0.05, 0.1) is 19.9 Å². The van der Waals surface area contributed by atoms with Crippen molar-refractivity contribution in [3.63, 3.8) is 0 Å². The van der Waals surface area contributed by atoms with E-state index in [1.54, 1.807) is 36.4 Å². The number of anilines is 1. The number of aromatic carboxylic acids is 1. The second kappa shape index (κ2) is 8.58. The summed E-state index contributed by atoms with van der Waals surface area (Å²) >= 11 is 4.67. The number of ether oxygens (including phenoxy) is 1. The minimum absolute atomic E-state index is 0.00565. The molecule has 0 spiro atoms. The number of halogens is 1. The van der Waals surface area contributed by atoms with Gasteiger partial charge in [-0.15, -0.1) is 11.3 Å². The molecule has 1 N–H and O–H groups in total. The summed E-state index contributed by atoms with van der Waals surface area (Å²) in [5.41, 5.74) is 0.337. The van der Waals surface area contributed by atoms with E-state index in [0.29, 0.717) is 22.1 Å². The Labute approximate surface area is 175 Å². The van der Waals surface area contributed by atoms with Crippen LogP contribution in [0.2, 0.25) is 0 Å². The molecule has 28 heavy (non-hydrogen) atoms. The van der Waals surface area contributed by atoms with E-state index in [4.69, 9.17) is 4.74 Å². The van der Waals surface area contributed by atoms with Crippen LogP contribution in [0.3, 0.4) is 0 Å². The normalized spacial score (nSPS) is 10.7. The summed E-state index contributed by atoms with van der Waals surface area (Å²) in [7, 11) is 0. The molecule has 1 heterocycles. The highest BCUT2D eigenvalue weighted by Crippen LogP contribution is 2.32. The lowest BCUT2D eigenvalue weighted by Crippen LogP contribution is -2.37. The number of nitrogens with zero attached hydrogens (tertiary/aromatic N) is 1. The molecule has 1 aromatic heterocycles. The molecule has 0 unspecified atom stereocenters. The summed E-state index contributed by atoms with van der Waals surface area (Å²) in [6.45, 7) is 3.70. The maximum Gasteiger partial charge on any atom is 0.337 e. The molecular formula is C21H18BrNO4S. The van der Waals surface area contributed by atoms with Crippen LogP contribution >= 0.6 is 27.3 Å². The number of para-hydroxylation sites is 1. The van der Waals surface area contributed by atoms with Crippen molar-refractivity contribution in [3.05, 3.63) is 74.9 Å². The fourth-order valence-electron chi connectivity index (χ4n) is 2.75. The molecule has 0 fully saturated rings.